The van der Waals surface area contributed by atoms with Gasteiger partial charge in [0.25, 0.3) is 0 Å². The SMILES string of the molecule is Cc1ccc(-c2ccc(-c3ccc(OCCC4CC4)c(F)c3F)c(F)c2F)s1. The predicted octanol–water partition coefficient (Wildman–Crippen LogP) is 7.13. The smallest absolute Gasteiger partial charge is 0.201 e. The Morgan fingerprint density at radius 2 is 1.43 bits per heavy atom. The van der Waals surface area contributed by atoms with E-state index in [0.29, 0.717) is 17.4 Å². The van der Waals surface area contributed by atoms with Gasteiger partial charge in [-0.3, -0.25) is 0 Å². The van der Waals surface area contributed by atoms with Gasteiger partial charge in [-0.2, -0.15) is 4.39 Å². The van der Waals surface area contributed by atoms with Crippen molar-refractivity contribution in [3.8, 4) is 27.3 Å². The van der Waals surface area contributed by atoms with Crippen LogP contribution in [0.5, 0.6) is 5.75 Å². The van der Waals surface area contributed by atoms with Crippen molar-refractivity contribution >= 4 is 11.3 Å². The molecule has 0 radical (unpaired) electrons. The van der Waals surface area contributed by atoms with Gasteiger partial charge in [0.2, 0.25) is 5.82 Å². The zero-order valence-electron chi connectivity index (χ0n) is 15.2. The lowest BCUT2D eigenvalue weighted by Gasteiger charge is -2.12. The number of aryl methyl sites for hydroxylation is 1. The van der Waals surface area contributed by atoms with E-state index < -0.39 is 23.3 Å². The fourth-order valence-corrected chi connectivity index (χ4v) is 4.01. The molecule has 0 unspecified atom stereocenters. The van der Waals surface area contributed by atoms with E-state index >= 15 is 0 Å². The normalized spacial score (nSPS) is 13.8. The van der Waals surface area contributed by atoms with Gasteiger partial charge in [-0.15, -0.1) is 11.3 Å². The maximum absolute atomic E-state index is 14.7. The summed E-state index contributed by atoms with van der Waals surface area (Å²) in [5.74, 6) is -4.33. The van der Waals surface area contributed by atoms with Crippen LogP contribution in [0.15, 0.2) is 36.4 Å². The second-order valence-corrected chi connectivity index (χ2v) is 8.31. The summed E-state index contributed by atoms with van der Waals surface area (Å²) in [6.07, 6.45) is 3.09. The molecule has 0 saturated heterocycles. The maximum Gasteiger partial charge on any atom is 0.201 e. The molecule has 0 N–H and O–H groups in total. The Balaban J connectivity index is 1.64. The van der Waals surface area contributed by atoms with Crippen LogP contribution in [0.3, 0.4) is 0 Å². The topological polar surface area (TPSA) is 9.23 Å². The molecule has 1 heterocycles. The van der Waals surface area contributed by atoms with E-state index in [0.717, 1.165) is 24.1 Å². The molecule has 0 amide bonds. The summed E-state index contributed by atoms with van der Waals surface area (Å²) in [6.45, 7) is 2.17. The lowest BCUT2D eigenvalue weighted by Crippen LogP contribution is -2.03. The second-order valence-electron chi connectivity index (χ2n) is 7.02. The fraction of sp³-hybridized carbons (Fsp3) is 0.273. The van der Waals surface area contributed by atoms with Gasteiger partial charge < -0.3 is 4.74 Å². The molecule has 146 valence electrons. The Hall–Kier alpha value is -2.34. The molecule has 0 bridgehead atoms. The van der Waals surface area contributed by atoms with Gasteiger partial charge in [0.15, 0.2) is 23.2 Å². The Morgan fingerprint density at radius 3 is 2.07 bits per heavy atom. The lowest BCUT2D eigenvalue weighted by molar-refractivity contribution is 0.283. The van der Waals surface area contributed by atoms with Gasteiger partial charge in [-0.1, -0.05) is 18.9 Å². The van der Waals surface area contributed by atoms with E-state index in [4.69, 9.17) is 4.74 Å². The first kappa shape index (κ1) is 19.0. The van der Waals surface area contributed by atoms with Crippen LogP contribution in [-0.4, -0.2) is 6.61 Å². The Kier molecular flexibility index (Phi) is 5.15. The summed E-state index contributed by atoms with van der Waals surface area (Å²) in [5, 5.41) is 0. The maximum atomic E-state index is 14.7. The van der Waals surface area contributed by atoms with Crippen molar-refractivity contribution in [2.45, 2.75) is 26.2 Å². The molecule has 1 nitrogen and oxygen atoms in total. The van der Waals surface area contributed by atoms with Crippen molar-refractivity contribution in [3.05, 3.63) is 64.5 Å². The second kappa shape index (κ2) is 7.59. The number of hydrogen-bond donors (Lipinski definition) is 0. The quantitative estimate of drug-likeness (QED) is 0.396. The summed E-state index contributed by atoms with van der Waals surface area (Å²) in [4.78, 5) is 1.54. The molecule has 6 heteroatoms. The molecule has 0 atom stereocenters. The average molecular weight is 406 g/mol. The van der Waals surface area contributed by atoms with E-state index in [-0.39, 0.29) is 22.4 Å². The minimum atomic E-state index is -1.25. The Morgan fingerprint density at radius 1 is 0.821 bits per heavy atom. The van der Waals surface area contributed by atoms with Crippen molar-refractivity contribution in [2.24, 2.45) is 5.92 Å². The zero-order chi connectivity index (χ0) is 19.8. The first-order valence-electron chi connectivity index (χ1n) is 9.11. The van der Waals surface area contributed by atoms with Crippen LogP contribution >= 0.6 is 11.3 Å². The van der Waals surface area contributed by atoms with Crippen LogP contribution in [0.25, 0.3) is 21.6 Å². The van der Waals surface area contributed by atoms with Crippen molar-refractivity contribution in [3.63, 3.8) is 0 Å². The summed E-state index contributed by atoms with van der Waals surface area (Å²) in [5.41, 5.74) is -0.562. The van der Waals surface area contributed by atoms with Gasteiger partial charge in [0, 0.05) is 26.4 Å². The first-order valence-corrected chi connectivity index (χ1v) is 9.93. The summed E-state index contributed by atoms with van der Waals surface area (Å²) in [6, 6.07) is 8.64. The highest BCUT2D eigenvalue weighted by atomic mass is 32.1. The Labute approximate surface area is 164 Å². The van der Waals surface area contributed by atoms with E-state index in [9.17, 15) is 17.6 Å². The minimum absolute atomic E-state index is 0.0975. The van der Waals surface area contributed by atoms with Gasteiger partial charge in [0.1, 0.15) is 0 Å². The highest BCUT2D eigenvalue weighted by Gasteiger charge is 2.23. The third-order valence-electron chi connectivity index (χ3n) is 4.91. The predicted molar refractivity (Wildman–Crippen MR) is 103 cm³/mol. The molecular formula is C22H18F4OS. The standard InChI is InChI=1S/C22H18F4OS/c1-12-2-9-18(28-12)16-6-5-14(19(23)21(16)25)15-7-8-17(22(26)20(15)24)27-11-10-13-3-4-13/h2,5-9,13H,3-4,10-11H2,1H3. The van der Waals surface area contributed by atoms with Crippen LogP contribution < -0.4 is 4.74 Å². The van der Waals surface area contributed by atoms with Crippen molar-refractivity contribution < 1.29 is 22.3 Å². The molecule has 3 aromatic rings. The minimum Gasteiger partial charge on any atom is -0.490 e. The molecule has 1 aliphatic carbocycles. The summed E-state index contributed by atoms with van der Waals surface area (Å²) in [7, 11) is 0. The highest BCUT2D eigenvalue weighted by Crippen LogP contribution is 2.37. The molecule has 0 aliphatic heterocycles. The number of benzene rings is 2. The molecule has 4 rings (SSSR count). The number of halogens is 4. The van der Waals surface area contributed by atoms with Crippen molar-refractivity contribution in [1.82, 2.24) is 0 Å². The van der Waals surface area contributed by atoms with Crippen LogP contribution in [0.2, 0.25) is 0 Å². The van der Waals surface area contributed by atoms with E-state index in [1.807, 2.05) is 13.0 Å². The molecular weight excluding hydrogens is 388 g/mol. The molecule has 1 saturated carbocycles. The number of rotatable bonds is 6. The third-order valence-corrected chi connectivity index (χ3v) is 5.94. The van der Waals surface area contributed by atoms with Gasteiger partial charge >= 0.3 is 0 Å². The Bertz CT molecular complexity index is 1020. The monoisotopic (exact) mass is 406 g/mol. The van der Waals surface area contributed by atoms with Crippen LogP contribution in [0.1, 0.15) is 24.1 Å². The fourth-order valence-electron chi connectivity index (χ4n) is 3.12. The van der Waals surface area contributed by atoms with E-state index in [1.54, 1.807) is 6.07 Å². The molecule has 1 aliphatic rings. The van der Waals surface area contributed by atoms with Crippen molar-refractivity contribution in [2.75, 3.05) is 6.61 Å². The summed E-state index contributed by atoms with van der Waals surface area (Å²) < 4.78 is 63.5. The third kappa shape index (κ3) is 3.65. The zero-order valence-corrected chi connectivity index (χ0v) is 16.0. The molecule has 1 fully saturated rings. The van der Waals surface area contributed by atoms with Crippen LogP contribution in [0, 0.1) is 36.1 Å². The first-order chi connectivity index (χ1) is 13.5. The van der Waals surface area contributed by atoms with Crippen LogP contribution in [-0.2, 0) is 0 Å². The van der Waals surface area contributed by atoms with Crippen LogP contribution in [0.4, 0.5) is 17.6 Å². The molecule has 0 spiro atoms. The largest absolute Gasteiger partial charge is 0.490 e. The molecule has 1 aromatic heterocycles. The van der Waals surface area contributed by atoms with Gasteiger partial charge in [-0.05, 0) is 49.6 Å². The van der Waals surface area contributed by atoms with Gasteiger partial charge in [0.05, 0.1) is 6.61 Å². The molecule has 28 heavy (non-hydrogen) atoms. The number of ether oxygens (including phenoxy) is 1. The van der Waals surface area contributed by atoms with E-state index in [2.05, 4.69) is 0 Å². The molecule has 2 aromatic carbocycles. The number of thiophene rings is 1. The van der Waals surface area contributed by atoms with Gasteiger partial charge in [-0.25, -0.2) is 13.2 Å². The number of hydrogen-bond acceptors (Lipinski definition) is 2. The van der Waals surface area contributed by atoms with E-state index in [1.165, 1.54) is 35.6 Å². The highest BCUT2D eigenvalue weighted by molar-refractivity contribution is 7.15. The van der Waals surface area contributed by atoms with Crippen molar-refractivity contribution in [1.29, 1.82) is 0 Å². The lowest BCUT2D eigenvalue weighted by atomic mass is 10.0. The summed E-state index contributed by atoms with van der Waals surface area (Å²) >= 11 is 1.33. The average Bonchev–Trinajstić information content (AvgIpc) is 3.40.